The van der Waals surface area contributed by atoms with Gasteiger partial charge in [-0.25, -0.2) is 0 Å². The number of aliphatic hydroxyl groups excluding tert-OH is 1. The molecule has 0 aliphatic heterocycles. The summed E-state index contributed by atoms with van der Waals surface area (Å²) in [5.74, 6) is 6.17. The summed E-state index contributed by atoms with van der Waals surface area (Å²) in [5.41, 5.74) is 0.0693. The van der Waals surface area contributed by atoms with Gasteiger partial charge in [0, 0.05) is 18.5 Å². The highest BCUT2D eigenvalue weighted by Gasteiger charge is 2.02. The van der Waals surface area contributed by atoms with E-state index in [1.54, 1.807) is 0 Å². The van der Waals surface area contributed by atoms with E-state index in [4.69, 9.17) is 5.11 Å². The van der Waals surface area contributed by atoms with Gasteiger partial charge in [-0.15, -0.1) is 0 Å². The van der Waals surface area contributed by atoms with Crippen molar-refractivity contribution < 1.29 is 5.11 Å². The van der Waals surface area contributed by atoms with Crippen molar-refractivity contribution in [2.75, 3.05) is 26.2 Å². The molecule has 0 radical (unpaired) electrons. The molecule has 0 unspecified atom stereocenters. The van der Waals surface area contributed by atoms with Crippen LogP contribution in [0.4, 0.5) is 0 Å². The highest BCUT2D eigenvalue weighted by Crippen LogP contribution is 2.09. The first-order valence-electron chi connectivity index (χ1n) is 5.50. The molecule has 2 heteroatoms. The predicted octanol–water partition coefficient (Wildman–Crippen LogP) is 1.91. The minimum Gasteiger partial charge on any atom is -0.395 e. The van der Waals surface area contributed by atoms with E-state index in [9.17, 15) is 0 Å². The Bertz CT molecular complexity index is 239. The van der Waals surface area contributed by atoms with Gasteiger partial charge in [-0.2, -0.15) is 0 Å². The predicted molar refractivity (Wildman–Crippen MR) is 65.6 cm³/mol. The summed E-state index contributed by atoms with van der Waals surface area (Å²) in [6.07, 6.45) is 3.93. The molecule has 0 aliphatic carbocycles. The van der Waals surface area contributed by atoms with Crippen molar-refractivity contribution in [3.05, 3.63) is 12.2 Å². The van der Waals surface area contributed by atoms with Crippen LogP contribution in [0, 0.1) is 17.3 Å². The molecular formula is C13H23NO. The summed E-state index contributed by atoms with van der Waals surface area (Å²) in [7, 11) is 0. The zero-order valence-electron chi connectivity index (χ0n) is 10.4. The van der Waals surface area contributed by atoms with Crippen LogP contribution in [0.2, 0.25) is 0 Å². The topological polar surface area (TPSA) is 23.5 Å². The highest BCUT2D eigenvalue weighted by atomic mass is 16.3. The molecule has 0 fully saturated rings. The van der Waals surface area contributed by atoms with Crippen molar-refractivity contribution in [2.24, 2.45) is 5.41 Å². The number of hydrogen-bond acceptors (Lipinski definition) is 2. The third-order valence-corrected chi connectivity index (χ3v) is 1.88. The number of nitrogens with zero attached hydrogens (tertiary/aromatic N) is 1. The Morgan fingerprint density at radius 2 is 2.00 bits per heavy atom. The Labute approximate surface area is 94.0 Å². The van der Waals surface area contributed by atoms with Gasteiger partial charge in [-0.1, -0.05) is 24.8 Å². The first-order chi connectivity index (χ1) is 6.99. The quantitative estimate of drug-likeness (QED) is 0.699. The van der Waals surface area contributed by atoms with Crippen LogP contribution in [0.25, 0.3) is 0 Å². The Kier molecular flexibility index (Phi) is 7.11. The largest absolute Gasteiger partial charge is 0.395 e. The first kappa shape index (κ1) is 14.2. The molecule has 0 atom stereocenters. The molecular weight excluding hydrogens is 186 g/mol. The van der Waals surface area contributed by atoms with Crippen LogP contribution in [-0.4, -0.2) is 36.2 Å². The summed E-state index contributed by atoms with van der Waals surface area (Å²) in [4.78, 5) is 2.16. The van der Waals surface area contributed by atoms with Crippen molar-refractivity contribution in [1.29, 1.82) is 0 Å². The summed E-state index contributed by atoms with van der Waals surface area (Å²) in [5, 5.41) is 8.78. The number of rotatable bonds is 5. The van der Waals surface area contributed by atoms with Gasteiger partial charge in [0.1, 0.15) is 0 Å². The van der Waals surface area contributed by atoms with E-state index in [0.29, 0.717) is 0 Å². The van der Waals surface area contributed by atoms with Crippen molar-refractivity contribution in [2.45, 2.75) is 27.7 Å². The molecule has 0 aromatic heterocycles. The molecule has 0 aliphatic rings. The van der Waals surface area contributed by atoms with Crippen molar-refractivity contribution in [3.8, 4) is 11.8 Å². The highest BCUT2D eigenvalue weighted by molar-refractivity contribution is 5.19. The molecule has 86 valence electrons. The van der Waals surface area contributed by atoms with E-state index in [2.05, 4.69) is 44.4 Å². The number of hydrogen-bond donors (Lipinski definition) is 1. The second-order valence-corrected chi connectivity index (χ2v) is 4.54. The molecule has 0 bridgehead atoms. The van der Waals surface area contributed by atoms with Crippen LogP contribution in [-0.2, 0) is 0 Å². The molecule has 2 nitrogen and oxygen atoms in total. The maximum Gasteiger partial charge on any atom is 0.0558 e. The van der Waals surface area contributed by atoms with E-state index >= 15 is 0 Å². The van der Waals surface area contributed by atoms with Crippen LogP contribution in [0.3, 0.4) is 0 Å². The van der Waals surface area contributed by atoms with Crippen LogP contribution in [0.5, 0.6) is 0 Å². The van der Waals surface area contributed by atoms with E-state index in [-0.39, 0.29) is 12.0 Å². The Morgan fingerprint density at radius 1 is 1.33 bits per heavy atom. The summed E-state index contributed by atoms with van der Waals surface area (Å²) in [6, 6.07) is 0. The molecule has 0 rings (SSSR count). The van der Waals surface area contributed by atoms with Gasteiger partial charge in [-0.05, 0) is 33.4 Å². The normalized spacial score (nSPS) is 11.9. The van der Waals surface area contributed by atoms with Gasteiger partial charge in [0.25, 0.3) is 0 Å². The van der Waals surface area contributed by atoms with Crippen molar-refractivity contribution in [3.63, 3.8) is 0 Å². The molecule has 0 heterocycles. The smallest absolute Gasteiger partial charge is 0.0558 e. The van der Waals surface area contributed by atoms with E-state index in [1.165, 1.54) is 0 Å². The van der Waals surface area contributed by atoms with E-state index in [0.717, 1.165) is 19.6 Å². The third kappa shape index (κ3) is 9.52. The van der Waals surface area contributed by atoms with Crippen LogP contribution in [0.15, 0.2) is 12.2 Å². The standard InChI is InChI=1S/C13H23NO/c1-5-14(11-12-15)10-8-6-7-9-13(2,3)4/h6,8,15H,5,10-12H2,1-4H3/b8-6+. The van der Waals surface area contributed by atoms with E-state index in [1.807, 2.05) is 12.2 Å². The maximum atomic E-state index is 8.78. The Hall–Kier alpha value is -0.780. The lowest BCUT2D eigenvalue weighted by Gasteiger charge is -2.15. The number of likely N-dealkylation sites (N-methyl/N-ethyl adjacent to an activating group) is 1. The molecule has 0 amide bonds. The minimum atomic E-state index is 0.0693. The third-order valence-electron chi connectivity index (χ3n) is 1.88. The van der Waals surface area contributed by atoms with Crippen LogP contribution >= 0.6 is 0 Å². The van der Waals surface area contributed by atoms with Gasteiger partial charge < -0.3 is 5.11 Å². The Morgan fingerprint density at radius 3 is 2.47 bits per heavy atom. The molecule has 0 saturated heterocycles. The van der Waals surface area contributed by atoms with Gasteiger partial charge in [-0.3, -0.25) is 4.90 Å². The average Bonchev–Trinajstić information content (AvgIpc) is 2.14. The molecule has 0 saturated carbocycles. The maximum absolute atomic E-state index is 8.78. The average molecular weight is 209 g/mol. The first-order valence-corrected chi connectivity index (χ1v) is 5.50. The van der Waals surface area contributed by atoms with E-state index < -0.39 is 0 Å². The fraction of sp³-hybridized carbons (Fsp3) is 0.692. The lowest BCUT2D eigenvalue weighted by molar-refractivity contribution is 0.214. The Balaban J connectivity index is 3.91. The van der Waals surface area contributed by atoms with Gasteiger partial charge in [0.05, 0.1) is 6.61 Å². The lowest BCUT2D eigenvalue weighted by atomic mass is 9.98. The van der Waals surface area contributed by atoms with Gasteiger partial charge in [0.15, 0.2) is 0 Å². The minimum absolute atomic E-state index is 0.0693. The summed E-state index contributed by atoms with van der Waals surface area (Å²) < 4.78 is 0. The fourth-order valence-electron chi connectivity index (χ4n) is 1.04. The number of aliphatic hydroxyl groups is 1. The monoisotopic (exact) mass is 209 g/mol. The number of allylic oxidation sites excluding steroid dienone is 1. The van der Waals surface area contributed by atoms with Crippen molar-refractivity contribution >= 4 is 0 Å². The zero-order chi connectivity index (χ0) is 11.7. The summed E-state index contributed by atoms with van der Waals surface area (Å²) in [6.45, 7) is 11.1. The SMILES string of the molecule is CCN(C/C=C/C#CC(C)(C)C)CCO. The molecule has 15 heavy (non-hydrogen) atoms. The van der Waals surface area contributed by atoms with Crippen LogP contribution in [0.1, 0.15) is 27.7 Å². The second kappa shape index (κ2) is 7.50. The van der Waals surface area contributed by atoms with Gasteiger partial charge in [0.2, 0.25) is 0 Å². The zero-order valence-corrected chi connectivity index (χ0v) is 10.4. The van der Waals surface area contributed by atoms with Crippen LogP contribution < -0.4 is 0 Å². The molecule has 0 spiro atoms. The van der Waals surface area contributed by atoms with Crippen molar-refractivity contribution in [1.82, 2.24) is 4.90 Å². The molecule has 0 aromatic carbocycles. The summed E-state index contributed by atoms with van der Waals surface area (Å²) >= 11 is 0. The van der Waals surface area contributed by atoms with Gasteiger partial charge >= 0.3 is 0 Å². The molecule has 1 N–H and O–H groups in total. The second-order valence-electron chi connectivity index (χ2n) is 4.54. The molecule has 0 aromatic rings. The fourth-order valence-corrected chi connectivity index (χ4v) is 1.04. The lowest BCUT2D eigenvalue weighted by Crippen LogP contribution is -2.26.